The first-order chi connectivity index (χ1) is 9.49. The Kier molecular flexibility index (Phi) is 4.60. The van der Waals surface area contributed by atoms with E-state index in [1.807, 2.05) is 31.2 Å². The highest BCUT2D eigenvalue weighted by molar-refractivity contribution is 9.10. The fourth-order valence-electron chi connectivity index (χ4n) is 1.70. The summed E-state index contributed by atoms with van der Waals surface area (Å²) in [5.41, 5.74) is 2.45. The van der Waals surface area contributed by atoms with Gasteiger partial charge in [0.05, 0.1) is 17.2 Å². The van der Waals surface area contributed by atoms with Gasteiger partial charge in [0.15, 0.2) is 5.76 Å². The molecule has 0 atom stereocenters. The largest absolute Gasteiger partial charge is 0.460 e. The SMILES string of the molecule is Cc1noc(-c2ccc(Br)cc2)c1COC(=O)C(C)C. The van der Waals surface area contributed by atoms with Crippen molar-refractivity contribution in [2.24, 2.45) is 5.92 Å². The maximum absolute atomic E-state index is 11.6. The molecule has 4 nitrogen and oxygen atoms in total. The number of rotatable bonds is 4. The number of hydrogen-bond acceptors (Lipinski definition) is 4. The summed E-state index contributed by atoms with van der Waals surface area (Å²) < 4.78 is 11.6. The summed E-state index contributed by atoms with van der Waals surface area (Å²) in [6.07, 6.45) is 0. The smallest absolute Gasteiger partial charge is 0.308 e. The van der Waals surface area contributed by atoms with Gasteiger partial charge in [-0.05, 0) is 19.1 Å². The van der Waals surface area contributed by atoms with E-state index >= 15 is 0 Å². The van der Waals surface area contributed by atoms with Gasteiger partial charge >= 0.3 is 5.97 Å². The Hall–Kier alpha value is -1.62. The maximum atomic E-state index is 11.6. The van der Waals surface area contributed by atoms with E-state index in [9.17, 15) is 4.79 Å². The Morgan fingerprint density at radius 3 is 2.60 bits per heavy atom. The molecule has 1 heterocycles. The standard InChI is InChI=1S/C15H16BrNO3/c1-9(2)15(18)19-8-13-10(3)17-20-14(13)11-4-6-12(16)7-5-11/h4-7,9H,8H2,1-3H3. The molecule has 0 amide bonds. The molecule has 2 aromatic rings. The predicted molar refractivity (Wildman–Crippen MR) is 79.0 cm³/mol. The van der Waals surface area contributed by atoms with Crippen LogP contribution in [0, 0.1) is 12.8 Å². The molecule has 20 heavy (non-hydrogen) atoms. The van der Waals surface area contributed by atoms with E-state index in [0.29, 0.717) is 5.76 Å². The Bertz CT molecular complexity index is 602. The van der Waals surface area contributed by atoms with Gasteiger partial charge in [0.2, 0.25) is 0 Å². The molecule has 0 saturated heterocycles. The third-order valence-corrected chi connectivity index (χ3v) is 3.45. The minimum absolute atomic E-state index is 0.147. The van der Waals surface area contributed by atoms with Crippen molar-refractivity contribution in [1.29, 1.82) is 0 Å². The zero-order valence-corrected chi connectivity index (χ0v) is 13.2. The van der Waals surface area contributed by atoms with E-state index in [0.717, 1.165) is 21.3 Å². The summed E-state index contributed by atoms with van der Waals surface area (Å²) >= 11 is 3.39. The second-order valence-corrected chi connectivity index (χ2v) is 5.76. The highest BCUT2D eigenvalue weighted by Gasteiger charge is 2.17. The second kappa shape index (κ2) is 6.22. The third-order valence-electron chi connectivity index (χ3n) is 2.92. The molecule has 2 rings (SSSR count). The third kappa shape index (κ3) is 3.28. The molecule has 0 spiro atoms. The Labute approximate surface area is 126 Å². The Morgan fingerprint density at radius 2 is 2.00 bits per heavy atom. The molecule has 0 aliphatic heterocycles. The minimum Gasteiger partial charge on any atom is -0.460 e. The summed E-state index contributed by atoms with van der Waals surface area (Å²) in [5.74, 6) is 0.269. The van der Waals surface area contributed by atoms with Crippen LogP contribution in [0.15, 0.2) is 33.3 Å². The molecule has 1 aromatic carbocycles. The Morgan fingerprint density at radius 1 is 1.35 bits per heavy atom. The van der Waals surface area contributed by atoms with E-state index in [1.165, 1.54) is 0 Å². The van der Waals surface area contributed by atoms with Crippen LogP contribution in [0.5, 0.6) is 0 Å². The van der Waals surface area contributed by atoms with Crippen LogP contribution < -0.4 is 0 Å². The van der Waals surface area contributed by atoms with E-state index < -0.39 is 0 Å². The second-order valence-electron chi connectivity index (χ2n) is 4.84. The summed E-state index contributed by atoms with van der Waals surface area (Å²) in [7, 11) is 0. The number of carbonyl (C=O) groups is 1. The van der Waals surface area contributed by atoms with Crippen molar-refractivity contribution >= 4 is 21.9 Å². The van der Waals surface area contributed by atoms with E-state index in [4.69, 9.17) is 9.26 Å². The zero-order chi connectivity index (χ0) is 14.7. The van der Waals surface area contributed by atoms with Crippen molar-refractivity contribution in [2.75, 3.05) is 0 Å². The lowest BCUT2D eigenvalue weighted by molar-refractivity contribution is -0.148. The molecule has 0 fully saturated rings. The molecular weight excluding hydrogens is 322 g/mol. The first kappa shape index (κ1) is 14.8. The molecule has 0 aliphatic rings. The quantitative estimate of drug-likeness (QED) is 0.787. The number of aromatic nitrogens is 1. The first-order valence-corrected chi connectivity index (χ1v) is 7.16. The molecule has 106 valence electrons. The molecule has 0 radical (unpaired) electrons. The fraction of sp³-hybridized carbons (Fsp3) is 0.333. The van der Waals surface area contributed by atoms with Gasteiger partial charge < -0.3 is 9.26 Å². The number of carbonyl (C=O) groups excluding carboxylic acids is 1. The summed E-state index contributed by atoms with van der Waals surface area (Å²) in [6.45, 7) is 5.62. The van der Waals surface area contributed by atoms with Gasteiger partial charge in [-0.2, -0.15) is 0 Å². The molecular formula is C15H16BrNO3. The van der Waals surface area contributed by atoms with E-state index in [-0.39, 0.29) is 18.5 Å². The zero-order valence-electron chi connectivity index (χ0n) is 11.6. The Balaban J connectivity index is 2.23. The van der Waals surface area contributed by atoms with Gasteiger partial charge in [0, 0.05) is 10.0 Å². The van der Waals surface area contributed by atoms with Crippen molar-refractivity contribution in [3.63, 3.8) is 0 Å². The molecule has 0 aliphatic carbocycles. The number of aryl methyl sites for hydroxylation is 1. The lowest BCUT2D eigenvalue weighted by atomic mass is 10.1. The summed E-state index contributed by atoms with van der Waals surface area (Å²) in [6, 6.07) is 7.71. The van der Waals surface area contributed by atoms with Crippen LogP contribution in [0.4, 0.5) is 0 Å². The van der Waals surface area contributed by atoms with Crippen LogP contribution in [0.1, 0.15) is 25.1 Å². The minimum atomic E-state index is -0.229. The lowest BCUT2D eigenvalue weighted by Gasteiger charge is -2.07. The van der Waals surface area contributed by atoms with Crippen molar-refractivity contribution in [2.45, 2.75) is 27.4 Å². The highest BCUT2D eigenvalue weighted by atomic mass is 79.9. The normalized spacial score (nSPS) is 10.8. The van der Waals surface area contributed by atoms with Crippen LogP contribution in [-0.4, -0.2) is 11.1 Å². The molecule has 0 N–H and O–H groups in total. The first-order valence-electron chi connectivity index (χ1n) is 6.36. The van der Waals surface area contributed by atoms with Gasteiger partial charge in [-0.15, -0.1) is 0 Å². The lowest BCUT2D eigenvalue weighted by Crippen LogP contribution is -2.11. The molecule has 0 unspecified atom stereocenters. The van der Waals surface area contributed by atoms with Crippen molar-refractivity contribution in [3.05, 3.63) is 40.0 Å². The predicted octanol–water partition coefficient (Wildman–Crippen LogP) is 4.11. The van der Waals surface area contributed by atoms with Crippen LogP contribution in [0.3, 0.4) is 0 Å². The monoisotopic (exact) mass is 337 g/mol. The van der Waals surface area contributed by atoms with Crippen molar-refractivity contribution < 1.29 is 14.1 Å². The van der Waals surface area contributed by atoms with E-state index in [2.05, 4.69) is 21.1 Å². The number of ether oxygens (including phenoxy) is 1. The van der Waals surface area contributed by atoms with Crippen LogP contribution in [-0.2, 0) is 16.1 Å². The number of halogens is 1. The van der Waals surface area contributed by atoms with Gasteiger partial charge in [0.25, 0.3) is 0 Å². The highest BCUT2D eigenvalue weighted by Crippen LogP contribution is 2.28. The molecule has 5 heteroatoms. The maximum Gasteiger partial charge on any atom is 0.308 e. The number of benzene rings is 1. The summed E-state index contributed by atoms with van der Waals surface area (Å²) in [4.78, 5) is 11.6. The van der Waals surface area contributed by atoms with Crippen LogP contribution >= 0.6 is 15.9 Å². The topological polar surface area (TPSA) is 52.3 Å². The number of nitrogens with zero attached hydrogens (tertiary/aromatic N) is 1. The molecule has 0 bridgehead atoms. The van der Waals surface area contributed by atoms with Gasteiger partial charge in [-0.3, -0.25) is 4.79 Å². The molecule has 0 saturated carbocycles. The van der Waals surface area contributed by atoms with E-state index in [1.54, 1.807) is 13.8 Å². The summed E-state index contributed by atoms with van der Waals surface area (Å²) in [5, 5.41) is 3.96. The van der Waals surface area contributed by atoms with Gasteiger partial charge in [-0.1, -0.05) is 47.1 Å². The van der Waals surface area contributed by atoms with Crippen molar-refractivity contribution in [3.8, 4) is 11.3 Å². The average Bonchev–Trinajstić information content (AvgIpc) is 2.78. The van der Waals surface area contributed by atoms with Crippen LogP contribution in [0.25, 0.3) is 11.3 Å². The fourth-order valence-corrected chi connectivity index (χ4v) is 1.96. The van der Waals surface area contributed by atoms with Crippen molar-refractivity contribution in [1.82, 2.24) is 5.16 Å². The molecule has 1 aromatic heterocycles. The van der Waals surface area contributed by atoms with Gasteiger partial charge in [0.1, 0.15) is 6.61 Å². The van der Waals surface area contributed by atoms with Crippen LogP contribution in [0.2, 0.25) is 0 Å². The van der Waals surface area contributed by atoms with Gasteiger partial charge in [-0.25, -0.2) is 0 Å². The number of esters is 1. The number of hydrogen-bond donors (Lipinski definition) is 0. The average molecular weight is 338 g/mol.